The fourth-order valence-electron chi connectivity index (χ4n) is 2.77. The summed E-state index contributed by atoms with van der Waals surface area (Å²) < 4.78 is 13.8. The molecule has 1 aromatic carbocycles. The van der Waals surface area contributed by atoms with Crippen LogP contribution in [0.2, 0.25) is 0 Å². The second-order valence-corrected chi connectivity index (χ2v) is 7.68. The Morgan fingerprint density at radius 2 is 1.89 bits per heavy atom. The number of benzene rings is 1. The minimum Gasteiger partial charge on any atom is -0.313 e. The lowest BCUT2D eigenvalue weighted by atomic mass is 10.1. The van der Waals surface area contributed by atoms with E-state index in [0.717, 1.165) is 28.8 Å². The fourth-order valence-corrected chi connectivity index (χ4v) is 4.70. The van der Waals surface area contributed by atoms with Crippen LogP contribution < -0.4 is 5.32 Å². The predicted molar refractivity (Wildman–Crippen MR) is 84.9 cm³/mol. The maximum absolute atomic E-state index is 12.8. The van der Waals surface area contributed by atoms with Crippen LogP contribution in [0, 0.1) is 0 Å². The highest BCUT2D eigenvalue weighted by Gasteiger charge is 2.28. The van der Waals surface area contributed by atoms with E-state index in [4.69, 9.17) is 0 Å². The molecule has 0 aromatic heterocycles. The molecule has 2 nitrogen and oxygen atoms in total. The lowest BCUT2D eigenvalue weighted by molar-refractivity contribution is 0.474. The van der Waals surface area contributed by atoms with Gasteiger partial charge in [0.15, 0.2) is 0 Å². The fraction of sp³-hybridized carbons (Fsp3) is 0.600. The van der Waals surface area contributed by atoms with Gasteiger partial charge < -0.3 is 5.32 Å². The van der Waals surface area contributed by atoms with E-state index in [1.807, 2.05) is 24.3 Å². The quantitative estimate of drug-likeness (QED) is 0.840. The Hall–Kier alpha value is -0.190. The molecule has 19 heavy (non-hydrogen) atoms. The molecule has 4 heteroatoms. The monoisotopic (exact) mass is 343 g/mol. The summed E-state index contributed by atoms with van der Waals surface area (Å²) in [6.45, 7) is 3.09. The molecule has 0 amide bonds. The summed E-state index contributed by atoms with van der Waals surface area (Å²) in [4.78, 5) is 0.956. The van der Waals surface area contributed by atoms with Gasteiger partial charge in [0, 0.05) is 15.4 Å². The van der Waals surface area contributed by atoms with Crippen LogP contribution in [0.25, 0.3) is 0 Å². The van der Waals surface area contributed by atoms with Crippen LogP contribution in [0.1, 0.15) is 39.0 Å². The van der Waals surface area contributed by atoms with Crippen LogP contribution in [0.4, 0.5) is 0 Å². The molecule has 0 heterocycles. The van der Waals surface area contributed by atoms with Gasteiger partial charge in [-0.25, -0.2) is 0 Å². The maximum atomic E-state index is 12.8. The number of hydrogen-bond donors (Lipinski definition) is 1. The van der Waals surface area contributed by atoms with Crippen molar-refractivity contribution in [3.63, 3.8) is 0 Å². The first kappa shape index (κ1) is 15.2. The average molecular weight is 344 g/mol. The summed E-state index contributed by atoms with van der Waals surface area (Å²) in [5.74, 6) is 0. The van der Waals surface area contributed by atoms with Crippen LogP contribution in [-0.4, -0.2) is 22.0 Å². The molecule has 1 fully saturated rings. The van der Waals surface area contributed by atoms with E-state index in [0.29, 0.717) is 6.04 Å². The van der Waals surface area contributed by atoms with E-state index in [1.165, 1.54) is 19.3 Å². The van der Waals surface area contributed by atoms with E-state index in [1.54, 1.807) is 0 Å². The molecule has 0 bridgehead atoms. The van der Waals surface area contributed by atoms with Crippen molar-refractivity contribution in [2.75, 3.05) is 6.54 Å². The number of nitrogens with one attached hydrogen (secondary N) is 1. The molecular formula is C15H22BrNOS. The van der Waals surface area contributed by atoms with E-state index in [-0.39, 0.29) is 5.25 Å². The Morgan fingerprint density at radius 3 is 2.58 bits per heavy atom. The average Bonchev–Trinajstić information content (AvgIpc) is 2.65. The molecule has 1 aliphatic carbocycles. The van der Waals surface area contributed by atoms with E-state index >= 15 is 0 Å². The molecule has 0 radical (unpaired) electrons. The van der Waals surface area contributed by atoms with Crippen LogP contribution >= 0.6 is 15.9 Å². The Bertz CT molecular complexity index is 421. The second-order valence-electron chi connectivity index (χ2n) is 5.09. The summed E-state index contributed by atoms with van der Waals surface area (Å²) in [5.41, 5.74) is 0. The topological polar surface area (TPSA) is 29.1 Å². The molecule has 1 aromatic rings. The zero-order valence-corrected chi connectivity index (χ0v) is 13.8. The first-order valence-corrected chi connectivity index (χ1v) is 9.12. The molecule has 1 saturated carbocycles. The third kappa shape index (κ3) is 4.14. The highest BCUT2D eigenvalue weighted by molar-refractivity contribution is 9.10. The molecule has 3 unspecified atom stereocenters. The number of rotatable bonds is 4. The highest BCUT2D eigenvalue weighted by atomic mass is 79.9. The Kier molecular flexibility index (Phi) is 6.05. The first-order chi connectivity index (χ1) is 9.22. The number of hydrogen-bond acceptors (Lipinski definition) is 2. The van der Waals surface area contributed by atoms with Gasteiger partial charge in [0.25, 0.3) is 0 Å². The van der Waals surface area contributed by atoms with Crippen molar-refractivity contribution < 1.29 is 4.21 Å². The van der Waals surface area contributed by atoms with Gasteiger partial charge >= 0.3 is 0 Å². The molecule has 2 rings (SSSR count). The van der Waals surface area contributed by atoms with Crippen LogP contribution in [0.5, 0.6) is 0 Å². The van der Waals surface area contributed by atoms with Gasteiger partial charge in [-0.05, 0) is 43.7 Å². The smallest absolute Gasteiger partial charge is 0.0576 e. The summed E-state index contributed by atoms with van der Waals surface area (Å²) >= 11 is 3.43. The van der Waals surface area contributed by atoms with Crippen molar-refractivity contribution in [1.82, 2.24) is 5.32 Å². The van der Waals surface area contributed by atoms with Gasteiger partial charge in [0.2, 0.25) is 0 Å². The molecule has 0 saturated heterocycles. The number of halogens is 1. The minimum atomic E-state index is -0.904. The Morgan fingerprint density at radius 1 is 1.21 bits per heavy atom. The largest absolute Gasteiger partial charge is 0.313 e. The maximum Gasteiger partial charge on any atom is 0.0576 e. The standard InChI is InChI=1S/C15H22BrNOS/c1-2-17-14-6-4-3-5-7-15(14)19(18)13-10-8-12(16)9-11-13/h8-11,14-15,17H,2-7H2,1H3. The van der Waals surface area contributed by atoms with Crippen molar-refractivity contribution >= 4 is 26.7 Å². The second kappa shape index (κ2) is 7.55. The van der Waals surface area contributed by atoms with E-state index in [2.05, 4.69) is 28.2 Å². The molecule has 3 atom stereocenters. The zero-order chi connectivity index (χ0) is 13.7. The summed E-state index contributed by atoms with van der Waals surface area (Å²) in [6, 6.07) is 8.32. The van der Waals surface area contributed by atoms with Gasteiger partial charge in [0.05, 0.1) is 16.0 Å². The molecule has 0 aliphatic heterocycles. The Balaban J connectivity index is 2.15. The lowest BCUT2D eigenvalue weighted by Crippen LogP contribution is -2.41. The predicted octanol–water partition coefficient (Wildman–Crippen LogP) is 3.87. The van der Waals surface area contributed by atoms with Crippen LogP contribution in [-0.2, 0) is 10.8 Å². The minimum absolute atomic E-state index is 0.253. The summed E-state index contributed by atoms with van der Waals surface area (Å²) in [7, 11) is -0.904. The van der Waals surface area contributed by atoms with Crippen LogP contribution in [0.15, 0.2) is 33.6 Å². The molecule has 1 aliphatic rings. The third-order valence-electron chi connectivity index (χ3n) is 3.74. The molecule has 0 spiro atoms. The van der Waals surface area contributed by atoms with Crippen molar-refractivity contribution in [3.8, 4) is 0 Å². The van der Waals surface area contributed by atoms with Crippen molar-refractivity contribution in [2.24, 2.45) is 0 Å². The lowest BCUT2D eigenvalue weighted by Gasteiger charge is -2.25. The first-order valence-electron chi connectivity index (χ1n) is 7.12. The van der Waals surface area contributed by atoms with Crippen molar-refractivity contribution in [2.45, 2.75) is 55.2 Å². The summed E-state index contributed by atoms with van der Waals surface area (Å²) in [5, 5.41) is 3.79. The van der Waals surface area contributed by atoms with Gasteiger partial charge in [-0.3, -0.25) is 4.21 Å². The van der Waals surface area contributed by atoms with E-state index < -0.39 is 10.8 Å². The molecule has 1 N–H and O–H groups in total. The van der Waals surface area contributed by atoms with Gasteiger partial charge in [-0.1, -0.05) is 42.1 Å². The summed E-state index contributed by atoms with van der Waals surface area (Å²) in [6.07, 6.45) is 5.96. The Labute approximate surface area is 127 Å². The van der Waals surface area contributed by atoms with Crippen LogP contribution in [0.3, 0.4) is 0 Å². The molecule has 106 valence electrons. The SMILES string of the molecule is CCNC1CCCCCC1S(=O)c1ccc(Br)cc1. The highest BCUT2D eigenvalue weighted by Crippen LogP contribution is 2.26. The normalized spacial score (nSPS) is 25.8. The molecular weight excluding hydrogens is 322 g/mol. The van der Waals surface area contributed by atoms with Gasteiger partial charge in [0.1, 0.15) is 0 Å². The van der Waals surface area contributed by atoms with Gasteiger partial charge in [-0.15, -0.1) is 0 Å². The zero-order valence-electron chi connectivity index (χ0n) is 11.4. The van der Waals surface area contributed by atoms with Gasteiger partial charge in [-0.2, -0.15) is 0 Å². The third-order valence-corrected chi connectivity index (χ3v) is 6.12. The van der Waals surface area contributed by atoms with Crippen molar-refractivity contribution in [1.29, 1.82) is 0 Å². The van der Waals surface area contributed by atoms with Crippen molar-refractivity contribution in [3.05, 3.63) is 28.7 Å². The van der Waals surface area contributed by atoms with E-state index in [9.17, 15) is 4.21 Å².